The van der Waals surface area contributed by atoms with Crippen molar-refractivity contribution in [3.8, 4) is 11.5 Å². The van der Waals surface area contributed by atoms with Gasteiger partial charge in [-0.25, -0.2) is 5.43 Å². The van der Waals surface area contributed by atoms with Crippen molar-refractivity contribution >= 4 is 17.8 Å². The number of aryl methyl sites for hydroxylation is 1. The Balaban J connectivity index is 1.96. The molecular weight excluding hydrogens is 350 g/mol. The Kier molecular flexibility index (Phi) is 6.48. The van der Waals surface area contributed by atoms with Gasteiger partial charge >= 0.3 is 5.69 Å². The zero-order valence-corrected chi connectivity index (χ0v) is 15.3. The number of aromatic hydroxyl groups is 1. The van der Waals surface area contributed by atoms with Gasteiger partial charge in [0.15, 0.2) is 12.4 Å². The molecule has 0 saturated carbocycles. The first-order chi connectivity index (χ1) is 12.8. The third kappa shape index (κ3) is 5.53. The number of nitro groups is 1. The van der Waals surface area contributed by atoms with E-state index < -0.39 is 22.3 Å². The molecule has 0 aliphatic carbocycles. The van der Waals surface area contributed by atoms with E-state index >= 15 is 0 Å². The van der Waals surface area contributed by atoms with Crippen LogP contribution in [0.15, 0.2) is 41.5 Å². The molecule has 1 amide bonds. The fourth-order valence-corrected chi connectivity index (χ4v) is 2.36. The van der Waals surface area contributed by atoms with Crippen molar-refractivity contribution in [1.29, 1.82) is 0 Å². The number of hydrogen-bond donors (Lipinski definition) is 2. The van der Waals surface area contributed by atoms with Crippen molar-refractivity contribution in [3.63, 3.8) is 0 Å². The highest BCUT2D eigenvalue weighted by Gasteiger charge is 2.13. The van der Waals surface area contributed by atoms with Crippen molar-refractivity contribution in [2.75, 3.05) is 6.61 Å². The van der Waals surface area contributed by atoms with Crippen molar-refractivity contribution in [2.24, 2.45) is 5.10 Å². The highest BCUT2D eigenvalue weighted by molar-refractivity contribution is 5.84. The molecule has 0 heterocycles. The summed E-state index contributed by atoms with van der Waals surface area (Å²) < 4.78 is 5.60. The van der Waals surface area contributed by atoms with Crippen LogP contribution in [0.2, 0.25) is 0 Å². The molecule has 0 bridgehead atoms. The fourth-order valence-electron chi connectivity index (χ4n) is 2.36. The summed E-state index contributed by atoms with van der Waals surface area (Å²) in [5.74, 6) is 0.00898. The van der Waals surface area contributed by atoms with Gasteiger partial charge in [0.2, 0.25) is 0 Å². The lowest BCUT2D eigenvalue weighted by Gasteiger charge is -2.14. The zero-order valence-electron chi connectivity index (χ0n) is 15.3. The highest BCUT2D eigenvalue weighted by Crippen LogP contribution is 2.27. The average Bonchev–Trinajstić information content (AvgIpc) is 2.61. The first-order valence-corrected chi connectivity index (χ1v) is 8.30. The molecule has 2 N–H and O–H groups in total. The Morgan fingerprint density at radius 3 is 2.74 bits per heavy atom. The molecule has 0 fully saturated rings. The Morgan fingerprint density at radius 2 is 2.07 bits per heavy atom. The predicted molar refractivity (Wildman–Crippen MR) is 101 cm³/mol. The summed E-state index contributed by atoms with van der Waals surface area (Å²) in [4.78, 5) is 22.0. The van der Waals surface area contributed by atoms with Crippen LogP contribution >= 0.6 is 0 Å². The molecule has 8 heteroatoms. The van der Waals surface area contributed by atoms with Gasteiger partial charge in [-0.15, -0.1) is 0 Å². The van der Waals surface area contributed by atoms with Gasteiger partial charge in [-0.2, -0.15) is 5.10 Å². The molecule has 0 spiro atoms. The molecule has 0 saturated heterocycles. The number of nitrogens with one attached hydrogen (secondary N) is 1. The third-order valence-corrected chi connectivity index (χ3v) is 3.75. The topological polar surface area (TPSA) is 114 Å². The van der Waals surface area contributed by atoms with Crippen LogP contribution < -0.4 is 10.2 Å². The standard InChI is InChI=1S/C19H21N3O5/c1-12(2)15-6-4-13(3)8-18(15)27-11-19(24)21-20-10-14-5-7-17(23)16(9-14)22(25)26/h4-10,12,23H,11H2,1-3H3,(H,21,24)/b20-10+. The molecule has 2 aromatic rings. The highest BCUT2D eigenvalue weighted by atomic mass is 16.6. The van der Waals surface area contributed by atoms with Crippen LogP contribution in [0.5, 0.6) is 11.5 Å². The van der Waals surface area contributed by atoms with Crippen LogP contribution in [0.25, 0.3) is 0 Å². The number of carbonyl (C=O) groups is 1. The van der Waals surface area contributed by atoms with E-state index in [1.54, 1.807) is 0 Å². The number of rotatable bonds is 7. The maximum atomic E-state index is 11.9. The first kappa shape index (κ1) is 19.9. The number of amides is 1. The average molecular weight is 371 g/mol. The number of phenols is 1. The Morgan fingerprint density at radius 1 is 1.33 bits per heavy atom. The van der Waals surface area contributed by atoms with Crippen LogP contribution in [0.4, 0.5) is 5.69 Å². The number of nitrogens with zero attached hydrogens (tertiary/aromatic N) is 2. The zero-order chi connectivity index (χ0) is 20.0. The second-order valence-electron chi connectivity index (χ2n) is 6.28. The predicted octanol–water partition coefficient (Wildman–Crippen LogP) is 3.26. The van der Waals surface area contributed by atoms with E-state index in [-0.39, 0.29) is 12.5 Å². The van der Waals surface area contributed by atoms with Gasteiger partial charge in [-0.1, -0.05) is 26.0 Å². The van der Waals surface area contributed by atoms with E-state index in [9.17, 15) is 20.0 Å². The largest absolute Gasteiger partial charge is 0.502 e. The van der Waals surface area contributed by atoms with Crippen molar-refractivity contribution in [3.05, 3.63) is 63.2 Å². The van der Waals surface area contributed by atoms with Gasteiger partial charge in [0.1, 0.15) is 5.75 Å². The second-order valence-corrected chi connectivity index (χ2v) is 6.28. The minimum Gasteiger partial charge on any atom is -0.502 e. The molecule has 2 aromatic carbocycles. The molecule has 2 rings (SSSR count). The molecule has 0 unspecified atom stereocenters. The summed E-state index contributed by atoms with van der Waals surface area (Å²) in [5, 5.41) is 23.9. The molecule has 0 aliphatic heterocycles. The molecule has 0 aliphatic rings. The number of nitro benzene ring substituents is 1. The van der Waals surface area contributed by atoms with Gasteiger partial charge in [0, 0.05) is 11.6 Å². The van der Waals surface area contributed by atoms with E-state index in [1.165, 1.54) is 18.3 Å². The number of phenolic OH excluding ortho intramolecular Hbond substituents is 1. The Hall–Kier alpha value is -3.42. The number of benzene rings is 2. The lowest BCUT2D eigenvalue weighted by atomic mass is 10.0. The van der Waals surface area contributed by atoms with Gasteiger partial charge in [-0.05, 0) is 42.2 Å². The van der Waals surface area contributed by atoms with Crippen LogP contribution in [-0.2, 0) is 4.79 Å². The van der Waals surface area contributed by atoms with E-state index in [2.05, 4.69) is 10.5 Å². The summed E-state index contributed by atoms with van der Waals surface area (Å²) in [5.41, 5.74) is 4.26. The van der Waals surface area contributed by atoms with Gasteiger partial charge < -0.3 is 9.84 Å². The minimum absolute atomic E-state index is 0.212. The molecule has 0 aromatic heterocycles. The van der Waals surface area contributed by atoms with Crippen molar-refractivity contribution in [2.45, 2.75) is 26.7 Å². The number of hydrazone groups is 1. The lowest BCUT2D eigenvalue weighted by Crippen LogP contribution is -2.25. The summed E-state index contributed by atoms with van der Waals surface area (Å²) in [6, 6.07) is 9.63. The Labute approximate surface area is 156 Å². The second kappa shape index (κ2) is 8.79. The van der Waals surface area contributed by atoms with E-state index in [0.29, 0.717) is 11.3 Å². The quantitative estimate of drug-likeness (QED) is 0.440. The molecule has 8 nitrogen and oxygen atoms in total. The van der Waals surface area contributed by atoms with E-state index in [4.69, 9.17) is 4.74 Å². The van der Waals surface area contributed by atoms with E-state index in [0.717, 1.165) is 17.2 Å². The molecule has 27 heavy (non-hydrogen) atoms. The third-order valence-electron chi connectivity index (χ3n) is 3.75. The maximum absolute atomic E-state index is 11.9. The van der Waals surface area contributed by atoms with Crippen LogP contribution in [0.1, 0.15) is 36.5 Å². The van der Waals surface area contributed by atoms with Crippen LogP contribution in [0, 0.1) is 17.0 Å². The monoisotopic (exact) mass is 371 g/mol. The van der Waals surface area contributed by atoms with Crippen LogP contribution in [-0.4, -0.2) is 28.8 Å². The molecule has 0 atom stereocenters. The first-order valence-electron chi connectivity index (χ1n) is 8.30. The Bertz CT molecular complexity index is 878. The molecule has 142 valence electrons. The number of hydrogen-bond acceptors (Lipinski definition) is 6. The van der Waals surface area contributed by atoms with Gasteiger partial charge in [0.05, 0.1) is 11.1 Å². The summed E-state index contributed by atoms with van der Waals surface area (Å²) >= 11 is 0. The van der Waals surface area contributed by atoms with E-state index in [1.807, 2.05) is 39.0 Å². The summed E-state index contributed by atoms with van der Waals surface area (Å²) in [6.07, 6.45) is 1.25. The van der Waals surface area contributed by atoms with Crippen molar-refractivity contribution < 1.29 is 19.6 Å². The van der Waals surface area contributed by atoms with Crippen molar-refractivity contribution in [1.82, 2.24) is 5.43 Å². The summed E-state index contributed by atoms with van der Waals surface area (Å²) in [7, 11) is 0. The smallest absolute Gasteiger partial charge is 0.311 e. The molecular formula is C19H21N3O5. The maximum Gasteiger partial charge on any atom is 0.311 e. The fraction of sp³-hybridized carbons (Fsp3) is 0.263. The summed E-state index contributed by atoms with van der Waals surface area (Å²) in [6.45, 7) is 5.81. The molecule has 0 radical (unpaired) electrons. The minimum atomic E-state index is -0.701. The SMILES string of the molecule is Cc1ccc(C(C)C)c(OCC(=O)N/N=C/c2ccc(O)c([N+](=O)[O-])c2)c1. The normalized spacial score (nSPS) is 11.0. The lowest BCUT2D eigenvalue weighted by molar-refractivity contribution is -0.385. The van der Waals surface area contributed by atoms with Crippen LogP contribution in [0.3, 0.4) is 0 Å². The number of carbonyl (C=O) groups excluding carboxylic acids is 1. The van der Waals surface area contributed by atoms with Gasteiger partial charge in [-0.3, -0.25) is 14.9 Å². The number of ether oxygens (including phenoxy) is 1. The van der Waals surface area contributed by atoms with Gasteiger partial charge in [0.25, 0.3) is 5.91 Å².